The molecule has 9 heteroatoms. The van der Waals surface area contributed by atoms with Crippen molar-refractivity contribution in [1.29, 1.82) is 0 Å². The van der Waals surface area contributed by atoms with Gasteiger partial charge in [0.1, 0.15) is 11.2 Å². The lowest BCUT2D eigenvalue weighted by molar-refractivity contribution is -0.135. The van der Waals surface area contributed by atoms with E-state index in [0.29, 0.717) is 36.0 Å². The third-order valence-electron chi connectivity index (χ3n) is 7.17. The maximum atomic E-state index is 13.4. The molecule has 1 aliphatic rings. The Labute approximate surface area is 220 Å². The molecular formula is C28H36N4O4S. The summed E-state index contributed by atoms with van der Waals surface area (Å²) in [7, 11) is 0. The molecule has 1 saturated heterocycles. The maximum Gasteiger partial charge on any atom is 0.332 e. The Balaban J connectivity index is 1.36. The predicted molar refractivity (Wildman–Crippen MR) is 147 cm³/mol. The molecule has 0 saturated carbocycles. The first kappa shape index (κ1) is 26.9. The van der Waals surface area contributed by atoms with Gasteiger partial charge in [-0.05, 0) is 55.5 Å². The van der Waals surface area contributed by atoms with Crippen LogP contribution in [0, 0.1) is 0 Å². The molecule has 1 fully saturated rings. The average molecular weight is 525 g/mol. The highest BCUT2D eigenvalue weighted by molar-refractivity contribution is 7.17. The molecule has 0 spiro atoms. The van der Waals surface area contributed by atoms with Gasteiger partial charge in [0.25, 0.3) is 5.56 Å². The fraction of sp³-hybridized carbons (Fsp3) is 0.500. The number of piperidine rings is 1. The largest absolute Gasteiger partial charge is 0.352 e. The van der Waals surface area contributed by atoms with Crippen molar-refractivity contribution in [1.82, 2.24) is 19.4 Å². The normalized spacial score (nSPS) is 15.7. The van der Waals surface area contributed by atoms with E-state index in [1.54, 1.807) is 11.4 Å². The molecule has 1 atom stereocenters. The zero-order valence-electron chi connectivity index (χ0n) is 21.5. The van der Waals surface area contributed by atoms with Crippen LogP contribution in [0.5, 0.6) is 0 Å². The lowest BCUT2D eigenvalue weighted by Gasteiger charge is -2.35. The Hall–Kier alpha value is -3.20. The highest BCUT2D eigenvalue weighted by Gasteiger charge is 2.26. The van der Waals surface area contributed by atoms with Gasteiger partial charge in [-0.2, -0.15) is 0 Å². The zero-order chi connectivity index (χ0) is 26.2. The lowest BCUT2D eigenvalue weighted by Crippen LogP contribution is -2.47. The Morgan fingerprint density at radius 2 is 1.84 bits per heavy atom. The van der Waals surface area contributed by atoms with Crippen LogP contribution in [0.25, 0.3) is 10.2 Å². The molecule has 1 aliphatic heterocycles. The van der Waals surface area contributed by atoms with E-state index >= 15 is 0 Å². The number of likely N-dealkylation sites (tertiary alicyclic amines) is 1. The molecule has 0 bridgehead atoms. The number of nitrogens with zero attached hydrogens (tertiary/aromatic N) is 3. The van der Waals surface area contributed by atoms with Gasteiger partial charge in [0.2, 0.25) is 11.8 Å². The molecule has 3 aromatic rings. The van der Waals surface area contributed by atoms with Crippen LogP contribution in [-0.4, -0.2) is 38.4 Å². The fourth-order valence-corrected chi connectivity index (χ4v) is 5.92. The quantitative estimate of drug-likeness (QED) is 0.385. The number of benzene rings is 1. The first-order chi connectivity index (χ1) is 18.0. The second kappa shape index (κ2) is 12.9. The molecule has 2 amide bonds. The van der Waals surface area contributed by atoms with E-state index in [2.05, 4.69) is 12.2 Å². The van der Waals surface area contributed by atoms with Crippen molar-refractivity contribution in [3.63, 3.8) is 0 Å². The minimum atomic E-state index is -0.435. The number of thiophene rings is 1. The van der Waals surface area contributed by atoms with E-state index in [0.717, 1.165) is 44.2 Å². The van der Waals surface area contributed by atoms with Gasteiger partial charge in [-0.25, -0.2) is 4.79 Å². The summed E-state index contributed by atoms with van der Waals surface area (Å²) in [4.78, 5) is 53.7. The van der Waals surface area contributed by atoms with Crippen LogP contribution >= 0.6 is 11.3 Å². The summed E-state index contributed by atoms with van der Waals surface area (Å²) in [5.41, 5.74) is 0.850. The summed E-state index contributed by atoms with van der Waals surface area (Å²) in [5, 5.41) is 4.71. The van der Waals surface area contributed by atoms with Gasteiger partial charge < -0.3 is 10.2 Å². The molecule has 2 aromatic heterocycles. The number of carbonyl (C=O) groups is 2. The molecule has 37 heavy (non-hydrogen) atoms. The van der Waals surface area contributed by atoms with Crippen LogP contribution in [0.2, 0.25) is 0 Å². The minimum absolute atomic E-state index is 0.00927. The summed E-state index contributed by atoms with van der Waals surface area (Å²) >= 11 is 1.30. The van der Waals surface area contributed by atoms with Gasteiger partial charge in [-0.3, -0.25) is 23.5 Å². The van der Waals surface area contributed by atoms with Gasteiger partial charge in [0, 0.05) is 32.1 Å². The highest BCUT2D eigenvalue weighted by Crippen LogP contribution is 2.21. The van der Waals surface area contributed by atoms with Crippen molar-refractivity contribution < 1.29 is 9.59 Å². The van der Waals surface area contributed by atoms with Gasteiger partial charge in [-0.1, -0.05) is 43.7 Å². The summed E-state index contributed by atoms with van der Waals surface area (Å²) in [5.74, 6) is -0.0714. The Kier molecular flexibility index (Phi) is 9.33. The zero-order valence-corrected chi connectivity index (χ0v) is 22.3. The summed E-state index contributed by atoms with van der Waals surface area (Å²) < 4.78 is 3.22. The molecule has 4 rings (SSSR count). The first-order valence-electron chi connectivity index (χ1n) is 13.3. The molecule has 3 heterocycles. The number of hydrogen-bond donors (Lipinski definition) is 1. The Bertz CT molecular complexity index is 1330. The fourth-order valence-electron chi connectivity index (χ4n) is 5.08. The SMILES string of the molecule is CC[C@H]1CCCCN1C(=O)Cn1c(=O)n(CCCCCC(=O)NCc2ccccc2)c(=O)c2sccc21. The lowest BCUT2D eigenvalue weighted by atomic mass is 10.00. The first-order valence-corrected chi connectivity index (χ1v) is 14.2. The monoisotopic (exact) mass is 524 g/mol. The Morgan fingerprint density at radius 1 is 1.03 bits per heavy atom. The molecule has 198 valence electrons. The van der Waals surface area contributed by atoms with Crippen LogP contribution in [0.15, 0.2) is 51.4 Å². The summed E-state index contributed by atoms with van der Waals surface area (Å²) in [6, 6.07) is 11.7. The number of amides is 2. The Morgan fingerprint density at radius 3 is 2.62 bits per heavy atom. The summed E-state index contributed by atoms with van der Waals surface area (Å²) in [6.45, 7) is 3.53. The van der Waals surface area contributed by atoms with E-state index in [-0.39, 0.29) is 36.5 Å². The maximum absolute atomic E-state index is 13.4. The van der Waals surface area contributed by atoms with Gasteiger partial charge in [0.05, 0.1) is 5.52 Å². The number of aromatic nitrogens is 2. The van der Waals surface area contributed by atoms with Crippen LogP contribution in [-0.2, 0) is 29.2 Å². The molecular weight excluding hydrogens is 488 g/mol. The minimum Gasteiger partial charge on any atom is -0.352 e. The van der Waals surface area contributed by atoms with Gasteiger partial charge >= 0.3 is 5.69 Å². The molecule has 1 N–H and O–H groups in total. The van der Waals surface area contributed by atoms with E-state index in [4.69, 9.17) is 0 Å². The smallest absolute Gasteiger partial charge is 0.332 e. The van der Waals surface area contributed by atoms with Crippen molar-refractivity contribution in [2.75, 3.05) is 6.54 Å². The van der Waals surface area contributed by atoms with Crippen molar-refractivity contribution in [2.45, 2.75) is 84.0 Å². The summed E-state index contributed by atoms with van der Waals surface area (Å²) in [6.07, 6.45) is 6.40. The van der Waals surface area contributed by atoms with E-state index in [1.165, 1.54) is 20.5 Å². The number of rotatable bonds is 11. The second-order valence-corrected chi connectivity index (χ2v) is 10.6. The molecule has 0 aliphatic carbocycles. The second-order valence-electron chi connectivity index (χ2n) is 9.68. The number of nitrogens with one attached hydrogen (secondary N) is 1. The van der Waals surface area contributed by atoms with Gasteiger partial charge in [-0.15, -0.1) is 11.3 Å². The molecule has 1 aromatic carbocycles. The van der Waals surface area contributed by atoms with Crippen LogP contribution in [0.4, 0.5) is 0 Å². The van der Waals surface area contributed by atoms with E-state index in [1.807, 2.05) is 35.2 Å². The third-order valence-corrected chi connectivity index (χ3v) is 8.06. The van der Waals surface area contributed by atoms with Crippen LogP contribution in [0.3, 0.4) is 0 Å². The van der Waals surface area contributed by atoms with E-state index in [9.17, 15) is 19.2 Å². The predicted octanol–water partition coefficient (Wildman–Crippen LogP) is 3.89. The van der Waals surface area contributed by atoms with Crippen molar-refractivity contribution in [2.24, 2.45) is 0 Å². The number of unbranched alkanes of at least 4 members (excludes halogenated alkanes) is 2. The highest BCUT2D eigenvalue weighted by atomic mass is 32.1. The van der Waals surface area contributed by atoms with Crippen molar-refractivity contribution >= 4 is 33.4 Å². The van der Waals surface area contributed by atoms with E-state index < -0.39 is 5.69 Å². The molecule has 0 radical (unpaired) electrons. The van der Waals surface area contributed by atoms with Crippen molar-refractivity contribution in [3.8, 4) is 0 Å². The van der Waals surface area contributed by atoms with Crippen molar-refractivity contribution in [3.05, 3.63) is 68.2 Å². The average Bonchev–Trinajstić information content (AvgIpc) is 3.42. The number of carbonyl (C=O) groups excluding carboxylic acids is 2. The van der Waals surface area contributed by atoms with Crippen LogP contribution in [0.1, 0.15) is 63.9 Å². The molecule has 0 unspecified atom stereocenters. The third kappa shape index (κ3) is 6.57. The topological polar surface area (TPSA) is 93.4 Å². The number of fused-ring (bicyclic) bond motifs is 1. The van der Waals surface area contributed by atoms with Gasteiger partial charge in [0.15, 0.2) is 0 Å². The van der Waals surface area contributed by atoms with Crippen LogP contribution < -0.4 is 16.6 Å². The number of hydrogen-bond acceptors (Lipinski definition) is 5. The molecule has 8 nitrogen and oxygen atoms in total. The standard InChI is InChI=1S/C28H36N4O4S/c1-2-22-13-8-10-16-30(22)25(34)20-32-23-15-18-37-26(23)27(35)31(28(32)36)17-9-4-7-14-24(33)29-19-21-11-5-3-6-12-21/h3,5-6,11-12,15,18,22H,2,4,7-10,13-14,16-17,19-20H2,1H3,(H,29,33)/t22-/m0/s1.